The smallest absolute Gasteiger partial charge is 0.387 e. The van der Waals surface area contributed by atoms with Gasteiger partial charge in [0.1, 0.15) is 11.6 Å². The minimum atomic E-state index is -3.00. The van der Waals surface area contributed by atoms with Crippen LogP contribution in [0.15, 0.2) is 53.6 Å². The van der Waals surface area contributed by atoms with Gasteiger partial charge in [-0.05, 0) is 37.6 Å². The number of hydrogen-bond donors (Lipinski definition) is 2. The highest BCUT2D eigenvalue weighted by Gasteiger charge is 2.14. The zero-order valence-electron chi connectivity index (χ0n) is 15.5. The fourth-order valence-corrected chi connectivity index (χ4v) is 2.77. The van der Waals surface area contributed by atoms with Crippen LogP contribution in [-0.2, 0) is 11.2 Å². The van der Waals surface area contributed by atoms with Gasteiger partial charge >= 0.3 is 6.61 Å². The first-order chi connectivity index (χ1) is 13.9. The number of aryl methyl sites for hydroxylation is 1. The fraction of sp³-hybridized carbons (Fsp3) is 0.200. The summed E-state index contributed by atoms with van der Waals surface area (Å²) in [6.45, 7) is -1.31. The molecular weight excluding hydrogens is 382 g/mol. The number of halogens is 2. The molecule has 3 aromatic rings. The van der Waals surface area contributed by atoms with Crippen molar-refractivity contribution in [1.29, 1.82) is 0 Å². The molecule has 0 aliphatic heterocycles. The number of nitrogens with zero attached hydrogens (tertiary/aromatic N) is 2. The molecule has 29 heavy (non-hydrogen) atoms. The average Bonchev–Trinajstić information content (AvgIpc) is 2.69. The van der Waals surface area contributed by atoms with Crippen LogP contribution in [0, 0.1) is 6.92 Å². The Balaban J connectivity index is 1.69. The van der Waals surface area contributed by atoms with Gasteiger partial charge in [-0.1, -0.05) is 12.1 Å². The molecule has 0 unspecified atom stereocenters. The predicted molar refractivity (Wildman–Crippen MR) is 103 cm³/mol. The number of nitrogens with one attached hydrogen (secondary N) is 2. The molecule has 2 heterocycles. The lowest BCUT2D eigenvalue weighted by Crippen LogP contribution is -2.20. The van der Waals surface area contributed by atoms with Gasteiger partial charge in [-0.25, -0.2) is 4.98 Å². The standard InChI is InChI=1S/C20H18F2N4O3/c1-12-14(19(28)26-18(24-12)13-8-10-23-11-9-13)6-7-17(27)25-15-4-2-3-5-16(15)29-20(21)22/h2-5,8-11,20H,6-7H2,1H3,(H,25,27)(H,24,26,28). The molecule has 1 aromatic carbocycles. The number of rotatable bonds is 7. The zero-order valence-corrected chi connectivity index (χ0v) is 15.5. The Morgan fingerprint density at radius 2 is 1.93 bits per heavy atom. The summed E-state index contributed by atoms with van der Waals surface area (Å²) in [6.07, 6.45) is 3.31. The molecule has 9 heteroatoms. The van der Waals surface area contributed by atoms with Crippen molar-refractivity contribution in [2.75, 3.05) is 5.32 Å². The number of carbonyl (C=O) groups is 1. The molecular formula is C20H18F2N4O3. The lowest BCUT2D eigenvalue weighted by molar-refractivity contribution is -0.116. The number of H-pyrrole nitrogens is 1. The maximum absolute atomic E-state index is 12.5. The molecule has 0 fully saturated rings. The third-order valence-electron chi connectivity index (χ3n) is 4.16. The first kappa shape index (κ1) is 20.1. The third-order valence-corrected chi connectivity index (χ3v) is 4.16. The number of para-hydroxylation sites is 2. The summed E-state index contributed by atoms with van der Waals surface area (Å²) in [5.41, 5.74) is 1.41. The van der Waals surface area contributed by atoms with E-state index in [-0.39, 0.29) is 29.8 Å². The van der Waals surface area contributed by atoms with Gasteiger partial charge in [0, 0.05) is 35.6 Å². The second kappa shape index (κ2) is 9.05. The first-order valence-electron chi connectivity index (χ1n) is 8.78. The lowest BCUT2D eigenvalue weighted by atomic mass is 10.1. The van der Waals surface area contributed by atoms with E-state index in [1.165, 1.54) is 18.2 Å². The topological polar surface area (TPSA) is 97.0 Å². The molecule has 0 saturated heterocycles. The Kier molecular flexibility index (Phi) is 6.28. The van der Waals surface area contributed by atoms with Crippen molar-refractivity contribution in [1.82, 2.24) is 15.0 Å². The second-order valence-corrected chi connectivity index (χ2v) is 6.14. The van der Waals surface area contributed by atoms with Gasteiger partial charge in [-0.3, -0.25) is 14.6 Å². The molecule has 150 valence electrons. The van der Waals surface area contributed by atoms with E-state index < -0.39 is 12.5 Å². The molecule has 0 aliphatic rings. The molecule has 7 nitrogen and oxygen atoms in total. The van der Waals surface area contributed by atoms with Crippen LogP contribution in [0.1, 0.15) is 17.7 Å². The van der Waals surface area contributed by atoms with Crippen LogP contribution in [0.3, 0.4) is 0 Å². The van der Waals surface area contributed by atoms with E-state index in [1.54, 1.807) is 37.5 Å². The van der Waals surface area contributed by atoms with E-state index in [0.29, 0.717) is 17.1 Å². The fourth-order valence-electron chi connectivity index (χ4n) is 2.77. The van der Waals surface area contributed by atoms with Crippen LogP contribution >= 0.6 is 0 Å². The Hall–Kier alpha value is -3.62. The number of benzene rings is 1. The normalized spacial score (nSPS) is 10.8. The maximum Gasteiger partial charge on any atom is 0.387 e. The van der Waals surface area contributed by atoms with Gasteiger partial charge in [0.25, 0.3) is 5.56 Å². The Morgan fingerprint density at radius 3 is 2.62 bits per heavy atom. The van der Waals surface area contributed by atoms with Gasteiger partial charge in [-0.2, -0.15) is 8.78 Å². The summed E-state index contributed by atoms with van der Waals surface area (Å²) in [7, 11) is 0. The number of carbonyl (C=O) groups excluding carboxylic acids is 1. The molecule has 0 bridgehead atoms. The first-order valence-corrected chi connectivity index (χ1v) is 8.78. The van der Waals surface area contributed by atoms with Gasteiger partial charge in [0.15, 0.2) is 0 Å². The van der Waals surface area contributed by atoms with E-state index in [9.17, 15) is 18.4 Å². The zero-order chi connectivity index (χ0) is 20.8. The van der Waals surface area contributed by atoms with Crippen LogP contribution in [0.5, 0.6) is 5.75 Å². The van der Waals surface area contributed by atoms with Crippen molar-refractivity contribution in [2.45, 2.75) is 26.4 Å². The Labute approximate surface area is 164 Å². The number of ether oxygens (including phenoxy) is 1. The summed E-state index contributed by atoms with van der Waals surface area (Å²) in [6, 6.07) is 9.35. The van der Waals surface area contributed by atoms with Crippen molar-refractivity contribution >= 4 is 11.6 Å². The van der Waals surface area contributed by atoms with Crippen LogP contribution in [-0.4, -0.2) is 27.5 Å². The van der Waals surface area contributed by atoms with Crippen LogP contribution < -0.4 is 15.6 Å². The molecule has 2 N–H and O–H groups in total. The number of alkyl halides is 2. The maximum atomic E-state index is 12.5. The highest BCUT2D eigenvalue weighted by Crippen LogP contribution is 2.25. The molecule has 0 atom stereocenters. The van der Waals surface area contributed by atoms with Crippen molar-refractivity contribution in [2.24, 2.45) is 0 Å². The van der Waals surface area contributed by atoms with Gasteiger partial charge in [0.2, 0.25) is 5.91 Å². The molecule has 0 aliphatic carbocycles. The lowest BCUT2D eigenvalue weighted by Gasteiger charge is -2.12. The number of aromatic nitrogens is 3. The summed E-state index contributed by atoms with van der Waals surface area (Å²) in [4.78, 5) is 35.7. The summed E-state index contributed by atoms with van der Waals surface area (Å²) >= 11 is 0. The number of pyridine rings is 1. The molecule has 1 amide bonds. The van der Waals surface area contributed by atoms with Crippen molar-refractivity contribution in [3.05, 3.63) is 70.4 Å². The number of anilines is 1. The van der Waals surface area contributed by atoms with E-state index in [2.05, 4.69) is 25.0 Å². The van der Waals surface area contributed by atoms with Crippen molar-refractivity contribution in [3.8, 4) is 17.1 Å². The SMILES string of the molecule is Cc1nc(-c2ccncc2)[nH]c(=O)c1CCC(=O)Nc1ccccc1OC(F)F. The summed E-state index contributed by atoms with van der Waals surface area (Å²) in [5.74, 6) is -0.151. The Morgan fingerprint density at radius 1 is 1.21 bits per heavy atom. The third kappa shape index (κ3) is 5.22. The van der Waals surface area contributed by atoms with Gasteiger partial charge < -0.3 is 15.0 Å². The number of hydrogen-bond acceptors (Lipinski definition) is 5. The number of amides is 1. The van der Waals surface area contributed by atoms with Gasteiger partial charge in [-0.15, -0.1) is 0 Å². The van der Waals surface area contributed by atoms with E-state index in [0.717, 1.165) is 5.56 Å². The van der Waals surface area contributed by atoms with Crippen molar-refractivity contribution < 1.29 is 18.3 Å². The van der Waals surface area contributed by atoms with E-state index in [4.69, 9.17) is 0 Å². The Bertz CT molecular complexity index is 1060. The largest absolute Gasteiger partial charge is 0.433 e. The highest BCUT2D eigenvalue weighted by atomic mass is 19.3. The van der Waals surface area contributed by atoms with E-state index >= 15 is 0 Å². The van der Waals surface area contributed by atoms with E-state index in [1.807, 2.05) is 0 Å². The molecule has 0 saturated carbocycles. The molecule has 0 radical (unpaired) electrons. The average molecular weight is 400 g/mol. The summed E-state index contributed by atoms with van der Waals surface area (Å²) < 4.78 is 29.3. The molecule has 2 aromatic heterocycles. The summed E-state index contributed by atoms with van der Waals surface area (Å²) in [5, 5.41) is 2.53. The highest BCUT2D eigenvalue weighted by molar-refractivity contribution is 5.92. The number of aromatic amines is 1. The van der Waals surface area contributed by atoms with Crippen LogP contribution in [0.25, 0.3) is 11.4 Å². The minimum Gasteiger partial charge on any atom is -0.433 e. The quantitative estimate of drug-likeness (QED) is 0.634. The van der Waals surface area contributed by atoms with Crippen LogP contribution in [0.2, 0.25) is 0 Å². The monoisotopic (exact) mass is 400 g/mol. The van der Waals surface area contributed by atoms with Gasteiger partial charge in [0.05, 0.1) is 5.69 Å². The van der Waals surface area contributed by atoms with Crippen molar-refractivity contribution in [3.63, 3.8) is 0 Å². The minimum absolute atomic E-state index is 0.0246. The second-order valence-electron chi connectivity index (χ2n) is 6.14. The van der Waals surface area contributed by atoms with Crippen LogP contribution in [0.4, 0.5) is 14.5 Å². The predicted octanol–water partition coefficient (Wildman–Crippen LogP) is 3.31. The molecule has 0 spiro atoms. The molecule has 3 rings (SSSR count).